The second-order valence-corrected chi connectivity index (χ2v) is 8.88. The monoisotopic (exact) mass is 407 g/mol. The minimum absolute atomic E-state index is 0.00162. The molecule has 1 aromatic heterocycles. The molecule has 0 N–H and O–H groups in total. The van der Waals surface area contributed by atoms with Crippen LogP contribution in [0.3, 0.4) is 0 Å². The zero-order valence-corrected chi connectivity index (χ0v) is 17.6. The van der Waals surface area contributed by atoms with Crippen molar-refractivity contribution >= 4 is 5.91 Å². The summed E-state index contributed by atoms with van der Waals surface area (Å²) in [5, 5.41) is 4.04. The molecule has 2 heterocycles. The number of carbonyl (C=O) groups excluding carboxylic acids is 1. The van der Waals surface area contributed by atoms with E-state index in [1.807, 2.05) is 29.2 Å². The number of rotatable bonds is 3. The standard InChI is InChI=1S/C24H26FN3O2/c1-24(2,3)19-10-6-17(7-11-19)23(29)28-14-4-5-18(15-28)22-26-21(27-30-22)16-8-12-20(25)13-9-16/h6-13,18H,4-5,14-15H2,1-3H3/t18-/m1/s1. The Bertz CT molecular complexity index is 1020. The first-order valence-electron chi connectivity index (χ1n) is 10.3. The number of hydrogen-bond donors (Lipinski definition) is 0. The molecule has 0 aliphatic carbocycles. The van der Waals surface area contributed by atoms with Crippen molar-refractivity contribution in [3.05, 3.63) is 71.4 Å². The number of aromatic nitrogens is 2. The molecule has 1 atom stereocenters. The predicted molar refractivity (Wildman–Crippen MR) is 113 cm³/mol. The molecule has 1 fully saturated rings. The van der Waals surface area contributed by atoms with Crippen LogP contribution >= 0.6 is 0 Å². The van der Waals surface area contributed by atoms with Gasteiger partial charge in [0.2, 0.25) is 11.7 Å². The summed E-state index contributed by atoms with van der Waals surface area (Å²) < 4.78 is 18.6. The quantitative estimate of drug-likeness (QED) is 0.599. The van der Waals surface area contributed by atoms with E-state index >= 15 is 0 Å². The summed E-state index contributed by atoms with van der Waals surface area (Å²) in [6, 6.07) is 13.9. The molecule has 0 spiro atoms. The summed E-state index contributed by atoms with van der Waals surface area (Å²) in [7, 11) is 0. The fourth-order valence-corrected chi connectivity index (χ4v) is 3.78. The SMILES string of the molecule is CC(C)(C)c1ccc(C(=O)N2CCC[C@@H](c3nc(-c4ccc(F)cc4)no3)C2)cc1. The Morgan fingerprint density at radius 2 is 1.80 bits per heavy atom. The first kappa shape index (κ1) is 20.3. The average molecular weight is 407 g/mol. The highest BCUT2D eigenvalue weighted by Gasteiger charge is 2.29. The third-order valence-electron chi connectivity index (χ3n) is 5.60. The van der Waals surface area contributed by atoms with Crippen LogP contribution in [0.15, 0.2) is 53.1 Å². The molecule has 30 heavy (non-hydrogen) atoms. The molecule has 156 valence electrons. The molecule has 5 nitrogen and oxygen atoms in total. The van der Waals surface area contributed by atoms with E-state index in [0.717, 1.165) is 19.4 Å². The fraction of sp³-hybridized carbons (Fsp3) is 0.375. The van der Waals surface area contributed by atoms with Crippen LogP contribution in [0, 0.1) is 5.82 Å². The van der Waals surface area contributed by atoms with Crippen LogP contribution in [0.4, 0.5) is 4.39 Å². The van der Waals surface area contributed by atoms with Crippen LogP contribution in [0.1, 0.15) is 61.3 Å². The van der Waals surface area contributed by atoms with Gasteiger partial charge in [-0.05, 0) is 60.2 Å². The molecule has 0 unspecified atom stereocenters. The highest BCUT2D eigenvalue weighted by atomic mass is 19.1. The summed E-state index contributed by atoms with van der Waals surface area (Å²) in [4.78, 5) is 19.4. The molecule has 1 aliphatic rings. The normalized spacial score (nSPS) is 17.2. The van der Waals surface area contributed by atoms with Gasteiger partial charge in [0.1, 0.15) is 5.82 Å². The Morgan fingerprint density at radius 1 is 1.10 bits per heavy atom. The van der Waals surface area contributed by atoms with Gasteiger partial charge in [-0.3, -0.25) is 4.79 Å². The van der Waals surface area contributed by atoms with Crippen molar-refractivity contribution in [3.8, 4) is 11.4 Å². The van der Waals surface area contributed by atoms with Gasteiger partial charge in [-0.1, -0.05) is 38.1 Å². The van der Waals surface area contributed by atoms with Gasteiger partial charge in [-0.2, -0.15) is 4.98 Å². The lowest BCUT2D eigenvalue weighted by Crippen LogP contribution is -2.39. The number of likely N-dealkylation sites (tertiary alicyclic amines) is 1. The molecular weight excluding hydrogens is 381 g/mol. The maximum absolute atomic E-state index is 13.1. The number of halogens is 1. The van der Waals surface area contributed by atoms with Crippen molar-refractivity contribution in [2.75, 3.05) is 13.1 Å². The number of hydrogen-bond acceptors (Lipinski definition) is 4. The molecular formula is C24H26FN3O2. The molecule has 0 bridgehead atoms. The van der Waals surface area contributed by atoms with Gasteiger partial charge in [-0.15, -0.1) is 0 Å². The summed E-state index contributed by atoms with van der Waals surface area (Å²) in [5.74, 6) is 0.678. The van der Waals surface area contributed by atoms with Crippen LogP contribution < -0.4 is 0 Å². The van der Waals surface area contributed by atoms with E-state index in [9.17, 15) is 9.18 Å². The Hall–Kier alpha value is -3.02. The molecule has 1 amide bonds. The van der Waals surface area contributed by atoms with E-state index in [-0.39, 0.29) is 23.1 Å². The van der Waals surface area contributed by atoms with Gasteiger partial charge in [0.05, 0.1) is 5.92 Å². The van der Waals surface area contributed by atoms with Crippen LogP contribution in [0.2, 0.25) is 0 Å². The second kappa shape index (κ2) is 8.01. The molecule has 3 aromatic rings. The lowest BCUT2D eigenvalue weighted by molar-refractivity contribution is 0.0695. The van der Waals surface area contributed by atoms with Gasteiger partial charge in [0, 0.05) is 24.2 Å². The largest absolute Gasteiger partial charge is 0.339 e. The van der Waals surface area contributed by atoms with Gasteiger partial charge in [0.25, 0.3) is 5.91 Å². The van der Waals surface area contributed by atoms with E-state index in [1.165, 1.54) is 17.7 Å². The minimum Gasteiger partial charge on any atom is -0.339 e. The molecule has 1 saturated heterocycles. The number of piperidine rings is 1. The number of carbonyl (C=O) groups is 1. The van der Waals surface area contributed by atoms with E-state index in [0.29, 0.717) is 29.4 Å². The average Bonchev–Trinajstić information content (AvgIpc) is 3.24. The Kier molecular flexibility index (Phi) is 5.41. The molecule has 0 saturated carbocycles. The van der Waals surface area contributed by atoms with E-state index in [2.05, 4.69) is 30.9 Å². The predicted octanol–water partition coefficient (Wildman–Crippen LogP) is 5.19. The lowest BCUT2D eigenvalue weighted by atomic mass is 9.86. The highest BCUT2D eigenvalue weighted by molar-refractivity contribution is 5.94. The molecule has 6 heteroatoms. The zero-order valence-electron chi connectivity index (χ0n) is 17.6. The van der Waals surface area contributed by atoms with Crippen LogP contribution in [-0.4, -0.2) is 34.0 Å². The Morgan fingerprint density at radius 3 is 2.47 bits per heavy atom. The maximum Gasteiger partial charge on any atom is 0.253 e. The minimum atomic E-state index is -0.306. The summed E-state index contributed by atoms with van der Waals surface area (Å²) in [5.41, 5.74) is 2.66. The molecule has 0 radical (unpaired) electrons. The van der Waals surface area contributed by atoms with E-state index < -0.39 is 0 Å². The van der Waals surface area contributed by atoms with Gasteiger partial charge >= 0.3 is 0 Å². The Balaban J connectivity index is 1.47. The van der Waals surface area contributed by atoms with E-state index in [1.54, 1.807) is 12.1 Å². The first-order valence-corrected chi connectivity index (χ1v) is 10.3. The van der Waals surface area contributed by atoms with Gasteiger partial charge in [0.15, 0.2) is 0 Å². The topological polar surface area (TPSA) is 59.2 Å². The zero-order chi connectivity index (χ0) is 21.3. The van der Waals surface area contributed by atoms with Crippen molar-refractivity contribution in [2.24, 2.45) is 0 Å². The van der Waals surface area contributed by atoms with E-state index in [4.69, 9.17) is 4.52 Å². The van der Waals surface area contributed by atoms with Gasteiger partial charge < -0.3 is 9.42 Å². The number of amides is 1. The fourth-order valence-electron chi connectivity index (χ4n) is 3.78. The van der Waals surface area contributed by atoms with Crippen molar-refractivity contribution in [1.82, 2.24) is 15.0 Å². The van der Waals surface area contributed by atoms with Crippen molar-refractivity contribution in [1.29, 1.82) is 0 Å². The molecule has 4 rings (SSSR count). The van der Waals surface area contributed by atoms with Crippen LogP contribution in [0.5, 0.6) is 0 Å². The van der Waals surface area contributed by atoms with Crippen molar-refractivity contribution in [2.45, 2.75) is 44.9 Å². The number of benzene rings is 2. The first-order chi connectivity index (χ1) is 14.3. The maximum atomic E-state index is 13.1. The molecule has 2 aromatic carbocycles. The summed E-state index contributed by atoms with van der Waals surface area (Å²) in [6.07, 6.45) is 1.77. The third-order valence-corrected chi connectivity index (χ3v) is 5.60. The van der Waals surface area contributed by atoms with Crippen LogP contribution in [0.25, 0.3) is 11.4 Å². The molecule has 1 aliphatic heterocycles. The van der Waals surface area contributed by atoms with Crippen LogP contribution in [-0.2, 0) is 5.41 Å². The van der Waals surface area contributed by atoms with Crippen molar-refractivity contribution < 1.29 is 13.7 Å². The highest BCUT2D eigenvalue weighted by Crippen LogP contribution is 2.29. The summed E-state index contributed by atoms with van der Waals surface area (Å²) in [6.45, 7) is 7.73. The second-order valence-electron chi connectivity index (χ2n) is 8.88. The van der Waals surface area contributed by atoms with Crippen molar-refractivity contribution in [3.63, 3.8) is 0 Å². The third kappa shape index (κ3) is 4.27. The number of nitrogens with zero attached hydrogens (tertiary/aromatic N) is 3. The van der Waals surface area contributed by atoms with Gasteiger partial charge in [-0.25, -0.2) is 4.39 Å². The summed E-state index contributed by atoms with van der Waals surface area (Å²) >= 11 is 0. The Labute approximate surface area is 175 Å². The smallest absolute Gasteiger partial charge is 0.253 e. The lowest BCUT2D eigenvalue weighted by Gasteiger charge is -2.31.